The summed E-state index contributed by atoms with van der Waals surface area (Å²) in [5, 5.41) is 14.0. The summed E-state index contributed by atoms with van der Waals surface area (Å²) < 4.78 is 13.4. The van der Waals surface area contributed by atoms with Gasteiger partial charge < -0.3 is 5.32 Å². The Morgan fingerprint density at radius 3 is 2.89 bits per heavy atom. The third-order valence-electron chi connectivity index (χ3n) is 2.26. The Balaban J connectivity index is 2.79. The summed E-state index contributed by atoms with van der Waals surface area (Å²) in [4.78, 5) is 11.5. The first-order valence-electron chi connectivity index (χ1n) is 5.22. The van der Waals surface area contributed by atoms with E-state index in [1.807, 2.05) is 6.07 Å². The number of hydrogen-bond donors (Lipinski definition) is 2. The lowest BCUT2D eigenvalue weighted by Crippen LogP contribution is -2.28. The average molecular weight is 245 g/mol. The number of nitriles is 1. The van der Waals surface area contributed by atoms with Crippen LogP contribution in [0.5, 0.6) is 0 Å². The van der Waals surface area contributed by atoms with Crippen molar-refractivity contribution in [2.75, 3.05) is 18.4 Å². The fraction of sp³-hybridized carbons (Fsp3) is 0.231. The molecule has 92 valence electrons. The zero-order valence-corrected chi connectivity index (χ0v) is 9.88. The number of hydrogen-bond acceptors (Lipinski definition) is 3. The summed E-state index contributed by atoms with van der Waals surface area (Å²) >= 11 is 0. The molecule has 0 aliphatic heterocycles. The number of nitrogens with one attached hydrogen (secondary N) is 2. The molecule has 1 aromatic rings. The molecule has 18 heavy (non-hydrogen) atoms. The van der Waals surface area contributed by atoms with Gasteiger partial charge in [0.15, 0.2) is 0 Å². The highest BCUT2D eigenvalue weighted by atomic mass is 19.1. The van der Waals surface area contributed by atoms with Gasteiger partial charge in [-0.25, -0.2) is 4.39 Å². The maximum Gasteiger partial charge on any atom is 0.238 e. The fourth-order valence-electron chi connectivity index (χ4n) is 1.32. The van der Waals surface area contributed by atoms with E-state index in [1.165, 1.54) is 13.0 Å². The number of amides is 1. The highest BCUT2D eigenvalue weighted by Crippen LogP contribution is 2.20. The van der Waals surface area contributed by atoms with Gasteiger partial charge >= 0.3 is 0 Å². The minimum Gasteiger partial charge on any atom is -0.325 e. The second-order valence-electron chi connectivity index (χ2n) is 3.60. The van der Waals surface area contributed by atoms with E-state index in [-0.39, 0.29) is 24.6 Å². The lowest BCUT2D eigenvalue weighted by Gasteiger charge is -2.09. The molecule has 0 unspecified atom stereocenters. The number of nitrogens with zero attached hydrogens (tertiary/aromatic N) is 1. The number of benzene rings is 1. The molecule has 0 bridgehead atoms. The molecular weight excluding hydrogens is 233 g/mol. The molecule has 0 saturated heterocycles. The van der Waals surface area contributed by atoms with Crippen molar-refractivity contribution in [1.82, 2.24) is 5.32 Å². The molecule has 1 aromatic carbocycles. The van der Waals surface area contributed by atoms with Crippen LogP contribution in [-0.4, -0.2) is 19.0 Å². The second kappa shape index (κ2) is 6.39. The molecule has 0 aromatic heterocycles. The minimum absolute atomic E-state index is 0.0298. The first-order chi connectivity index (χ1) is 8.58. The summed E-state index contributed by atoms with van der Waals surface area (Å²) in [6, 6.07) is 4.38. The Hall–Kier alpha value is -2.37. The Kier molecular flexibility index (Phi) is 4.86. The highest BCUT2D eigenvalue weighted by Gasteiger charge is 2.09. The first kappa shape index (κ1) is 13.7. The molecule has 1 amide bonds. The van der Waals surface area contributed by atoms with Crippen LogP contribution < -0.4 is 10.6 Å². The lowest BCUT2D eigenvalue weighted by molar-refractivity contribution is -0.115. The lowest BCUT2D eigenvalue weighted by atomic mass is 10.1. The standard InChI is InChI=1S/C13H12FN3O/c1-3-4-16-8-13(18)17-12-6-10(7-15)5-11(14)9(12)2/h1,5-6,16H,4,8H2,2H3,(H,17,18). The summed E-state index contributed by atoms with van der Waals surface area (Å²) in [5.74, 6) is 1.46. The van der Waals surface area contributed by atoms with E-state index >= 15 is 0 Å². The number of carbonyl (C=O) groups excluding carboxylic acids is 1. The van der Waals surface area contributed by atoms with Crippen LogP contribution in [0.2, 0.25) is 0 Å². The normalized spacial score (nSPS) is 9.33. The fourth-order valence-corrected chi connectivity index (χ4v) is 1.32. The van der Waals surface area contributed by atoms with Gasteiger partial charge in [0.05, 0.1) is 24.7 Å². The Bertz CT molecular complexity index is 540. The van der Waals surface area contributed by atoms with Crippen molar-refractivity contribution < 1.29 is 9.18 Å². The van der Waals surface area contributed by atoms with E-state index in [0.29, 0.717) is 11.3 Å². The third kappa shape index (κ3) is 3.58. The van der Waals surface area contributed by atoms with Crippen molar-refractivity contribution in [2.24, 2.45) is 0 Å². The van der Waals surface area contributed by atoms with Gasteiger partial charge in [0.2, 0.25) is 5.91 Å². The zero-order chi connectivity index (χ0) is 13.5. The molecule has 0 saturated carbocycles. The van der Waals surface area contributed by atoms with Gasteiger partial charge in [-0.05, 0) is 19.1 Å². The van der Waals surface area contributed by atoms with Crippen LogP contribution >= 0.6 is 0 Å². The molecular formula is C13H12FN3O. The van der Waals surface area contributed by atoms with Crippen molar-refractivity contribution in [2.45, 2.75) is 6.92 Å². The second-order valence-corrected chi connectivity index (χ2v) is 3.60. The van der Waals surface area contributed by atoms with Crippen LogP contribution in [-0.2, 0) is 4.79 Å². The molecule has 0 heterocycles. The maximum atomic E-state index is 13.4. The number of halogens is 1. The summed E-state index contributed by atoms with van der Waals surface area (Å²) in [6.45, 7) is 1.84. The molecule has 0 spiro atoms. The predicted molar refractivity (Wildman–Crippen MR) is 66.2 cm³/mol. The first-order valence-corrected chi connectivity index (χ1v) is 5.22. The number of rotatable bonds is 4. The third-order valence-corrected chi connectivity index (χ3v) is 2.26. The van der Waals surface area contributed by atoms with Crippen LogP contribution in [0.15, 0.2) is 12.1 Å². The Labute approximate surface area is 105 Å². The van der Waals surface area contributed by atoms with Gasteiger partial charge in [-0.15, -0.1) is 6.42 Å². The van der Waals surface area contributed by atoms with Crippen molar-refractivity contribution in [3.63, 3.8) is 0 Å². The Morgan fingerprint density at radius 1 is 1.56 bits per heavy atom. The topological polar surface area (TPSA) is 64.9 Å². The molecule has 0 fully saturated rings. The molecule has 1 rings (SSSR count). The van der Waals surface area contributed by atoms with Gasteiger partial charge in [0, 0.05) is 11.3 Å². The SMILES string of the molecule is C#CCNCC(=O)Nc1cc(C#N)cc(F)c1C. The van der Waals surface area contributed by atoms with Crippen LogP contribution in [0.4, 0.5) is 10.1 Å². The van der Waals surface area contributed by atoms with E-state index in [2.05, 4.69) is 16.6 Å². The van der Waals surface area contributed by atoms with E-state index in [9.17, 15) is 9.18 Å². The van der Waals surface area contributed by atoms with Gasteiger partial charge in [0.1, 0.15) is 5.82 Å². The van der Waals surface area contributed by atoms with Crippen LogP contribution in [0, 0.1) is 36.4 Å². The monoisotopic (exact) mass is 245 g/mol. The van der Waals surface area contributed by atoms with Crippen molar-refractivity contribution in [3.05, 3.63) is 29.1 Å². The van der Waals surface area contributed by atoms with E-state index in [1.54, 1.807) is 0 Å². The van der Waals surface area contributed by atoms with Gasteiger partial charge in [-0.1, -0.05) is 5.92 Å². The van der Waals surface area contributed by atoms with Gasteiger partial charge in [0.25, 0.3) is 0 Å². The maximum absolute atomic E-state index is 13.4. The highest BCUT2D eigenvalue weighted by molar-refractivity contribution is 5.93. The van der Waals surface area contributed by atoms with Crippen LogP contribution in [0.3, 0.4) is 0 Å². The van der Waals surface area contributed by atoms with E-state index in [4.69, 9.17) is 11.7 Å². The minimum atomic E-state index is -0.527. The van der Waals surface area contributed by atoms with E-state index < -0.39 is 5.82 Å². The smallest absolute Gasteiger partial charge is 0.238 e. The van der Waals surface area contributed by atoms with E-state index in [0.717, 1.165) is 6.07 Å². The van der Waals surface area contributed by atoms with Crippen LogP contribution in [0.1, 0.15) is 11.1 Å². The zero-order valence-electron chi connectivity index (χ0n) is 9.88. The van der Waals surface area contributed by atoms with Crippen molar-refractivity contribution >= 4 is 11.6 Å². The summed E-state index contributed by atoms with van der Waals surface area (Å²) in [6.07, 6.45) is 5.02. The number of carbonyl (C=O) groups is 1. The molecule has 5 heteroatoms. The predicted octanol–water partition coefficient (Wildman–Crippen LogP) is 1.17. The largest absolute Gasteiger partial charge is 0.325 e. The van der Waals surface area contributed by atoms with Gasteiger partial charge in [-0.2, -0.15) is 5.26 Å². The quantitative estimate of drug-likeness (QED) is 0.618. The molecule has 2 N–H and O–H groups in total. The summed E-state index contributed by atoms with van der Waals surface area (Å²) in [7, 11) is 0. The van der Waals surface area contributed by atoms with Crippen LogP contribution in [0.25, 0.3) is 0 Å². The number of terminal acetylenes is 1. The van der Waals surface area contributed by atoms with Crippen molar-refractivity contribution in [3.8, 4) is 18.4 Å². The molecule has 0 radical (unpaired) electrons. The van der Waals surface area contributed by atoms with Gasteiger partial charge in [-0.3, -0.25) is 10.1 Å². The molecule has 0 atom stereocenters. The molecule has 0 aliphatic rings. The number of anilines is 1. The molecule has 4 nitrogen and oxygen atoms in total. The summed E-state index contributed by atoms with van der Waals surface area (Å²) in [5.41, 5.74) is 0.739. The van der Waals surface area contributed by atoms with Crippen molar-refractivity contribution in [1.29, 1.82) is 5.26 Å². The molecule has 0 aliphatic carbocycles. The average Bonchev–Trinajstić information content (AvgIpc) is 2.35. The Morgan fingerprint density at radius 2 is 2.28 bits per heavy atom.